The Labute approximate surface area is 165 Å². The summed E-state index contributed by atoms with van der Waals surface area (Å²) in [6, 6.07) is 5.54. The molecule has 1 aromatic carbocycles. The number of carbonyl (C=O) groups excluding carboxylic acids is 1. The average molecular weight is 407 g/mol. The molecule has 9 heteroatoms. The van der Waals surface area contributed by atoms with Gasteiger partial charge in [-0.2, -0.15) is 4.31 Å². The fraction of sp³-hybridized carbons (Fsp3) is 0.474. The Kier molecular flexibility index (Phi) is 6.04. The Morgan fingerprint density at radius 3 is 2.86 bits per heavy atom. The van der Waals surface area contributed by atoms with Gasteiger partial charge in [-0.25, -0.2) is 13.4 Å². The number of methoxy groups -OCH3 is 1. The van der Waals surface area contributed by atoms with E-state index >= 15 is 0 Å². The zero-order chi connectivity index (χ0) is 20.3. The number of hydrogen-bond donors (Lipinski definition) is 1. The Hall–Kier alpha value is -2.39. The molecule has 0 radical (unpaired) electrons. The first kappa shape index (κ1) is 20.3. The fourth-order valence-electron chi connectivity index (χ4n) is 3.31. The van der Waals surface area contributed by atoms with Gasteiger partial charge in [-0.3, -0.25) is 4.79 Å². The number of nitrogens with zero attached hydrogens (tertiary/aromatic N) is 3. The highest BCUT2D eigenvalue weighted by atomic mass is 32.2. The average Bonchev–Trinajstić information content (AvgIpc) is 3.18. The Morgan fingerprint density at radius 2 is 2.18 bits per heavy atom. The van der Waals surface area contributed by atoms with Crippen molar-refractivity contribution < 1.29 is 17.9 Å². The Bertz CT molecular complexity index is 955. The molecular formula is C19H26N4O4S. The van der Waals surface area contributed by atoms with Crippen molar-refractivity contribution in [3.63, 3.8) is 0 Å². The first-order valence-electron chi connectivity index (χ1n) is 9.32. The van der Waals surface area contributed by atoms with E-state index in [1.54, 1.807) is 17.7 Å². The van der Waals surface area contributed by atoms with Gasteiger partial charge in [-0.15, -0.1) is 0 Å². The first-order valence-corrected chi connectivity index (χ1v) is 10.8. The lowest BCUT2D eigenvalue weighted by Gasteiger charge is -2.30. The molecule has 0 saturated carbocycles. The van der Waals surface area contributed by atoms with E-state index in [-0.39, 0.29) is 17.5 Å². The molecule has 8 nitrogen and oxygen atoms in total. The minimum atomic E-state index is -3.71. The zero-order valence-corrected chi connectivity index (χ0v) is 17.2. The molecule has 2 aromatic rings. The summed E-state index contributed by atoms with van der Waals surface area (Å²) < 4.78 is 34.1. The van der Waals surface area contributed by atoms with E-state index < -0.39 is 15.9 Å². The minimum absolute atomic E-state index is 0.0239. The van der Waals surface area contributed by atoms with E-state index in [1.165, 1.54) is 16.8 Å². The Morgan fingerprint density at radius 1 is 1.39 bits per heavy atom. The van der Waals surface area contributed by atoms with Crippen LogP contribution < -0.4 is 10.1 Å². The van der Waals surface area contributed by atoms with E-state index in [1.807, 2.05) is 26.0 Å². The predicted octanol–water partition coefficient (Wildman–Crippen LogP) is 2.26. The molecule has 2 heterocycles. The van der Waals surface area contributed by atoms with E-state index in [2.05, 4.69) is 10.3 Å². The van der Waals surface area contributed by atoms with E-state index in [4.69, 9.17) is 4.74 Å². The number of hydrogen-bond acceptors (Lipinski definition) is 5. The number of imidazole rings is 1. The second-order valence-electron chi connectivity index (χ2n) is 6.94. The maximum Gasteiger partial charge on any atom is 0.262 e. The van der Waals surface area contributed by atoms with Gasteiger partial charge in [-0.1, -0.05) is 6.07 Å². The van der Waals surface area contributed by atoms with Crippen LogP contribution in [0, 0.1) is 12.8 Å². The number of aryl methyl sites for hydroxylation is 2. The van der Waals surface area contributed by atoms with Crippen LogP contribution in [0.25, 0.3) is 0 Å². The third-order valence-electron chi connectivity index (χ3n) is 4.95. The normalized spacial score (nSPS) is 18.0. The van der Waals surface area contributed by atoms with Crippen molar-refractivity contribution in [2.45, 2.75) is 38.3 Å². The molecule has 0 unspecified atom stereocenters. The number of carbonyl (C=O) groups is 1. The number of nitrogens with one attached hydrogen (secondary N) is 1. The molecule has 1 aromatic heterocycles. The third-order valence-corrected chi connectivity index (χ3v) is 6.70. The topological polar surface area (TPSA) is 93.5 Å². The van der Waals surface area contributed by atoms with E-state index in [0.29, 0.717) is 37.4 Å². The van der Waals surface area contributed by atoms with Crippen LogP contribution in [0.1, 0.15) is 25.3 Å². The summed E-state index contributed by atoms with van der Waals surface area (Å²) in [6.45, 7) is 5.02. The number of rotatable bonds is 6. The SMILES string of the molecule is CCn1cnc(S(=O)(=O)N2CCC[C@H](C(=O)Nc3cc(C)ccc3OC)C2)c1. The molecule has 1 saturated heterocycles. The lowest BCUT2D eigenvalue weighted by Crippen LogP contribution is -2.43. The summed E-state index contributed by atoms with van der Waals surface area (Å²) in [5.41, 5.74) is 1.59. The zero-order valence-electron chi connectivity index (χ0n) is 16.4. The monoisotopic (exact) mass is 406 g/mol. The summed E-state index contributed by atoms with van der Waals surface area (Å²) in [6.07, 6.45) is 4.29. The maximum atomic E-state index is 12.9. The fourth-order valence-corrected chi connectivity index (χ4v) is 4.77. The second-order valence-corrected chi connectivity index (χ2v) is 8.82. The quantitative estimate of drug-likeness (QED) is 0.794. The largest absolute Gasteiger partial charge is 0.495 e. The number of anilines is 1. The van der Waals surface area contributed by atoms with Crippen molar-refractivity contribution in [2.75, 3.05) is 25.5 Å². The highest BCUT2D eigenvalue weighted by Crippen LogP contribution is 2.28. The molecule has 1 atom stereocenters. The molecule has 0 spiro atoms. The molecule has 1 aliphatic rings. The molecule has 1 N–H and O–H groups in total. The van der Waals surface area contributed by atoms with Gasteiger partial charge in [0.2, 0.25) is 5.91 Å². The number of aromatic nitrogens is 2. The molecule has 0 bridgehead atoms. The molecule has 0 aliphatic carbocycles. The van der Waals surface area contributed by atoms with Gasteiger partial charge in [-0.05, 0) is 44.4 Å². The maximum absolute atomic E-state index is 12.9. The highest BCUT2D eigenvalue weighted by Gasteiger charge is 2.34. The number of sulfonamides is 1. The summed E-state index contributed by atoms with van der Waals surface area (Å²) in [5, 5.41) is 2.92. The molecular weight excluding hydrogens is 380 g/mol. The van der Waals surface area contributed by atoms with E-state index in [0.717, 1.165) is 5.56 Å². The van der Waals surface area contributed by atoms with Crippen LogP contribution in [-0.2, 0) is 21.4 Å². The third kappa shape index (κ3) is 4.20. The van der Waals surface area contributed by atoms with Gasteiger partial charge in [0.05, 0.1) is 25.0 Å². The van der Waals surface area contributed by atoms with E-state index in [9.17, 15) is 13.2 Å². The number of amides is 1. The number of piperidine rings is 1. The summed E-state index contributed by atoms with van der Waals surface area (Å²) in [4.78, 5) is 16.8. The lowest BCUT2D eigenvalue weighted by atomic mass is 9.98. The van der Waals surface area contributed by atoms with Gasteiger partial charge in [0.1, 0.15) is 5.75 Å². The molecule has 1 amide bonds. The summed E-state index contributed by atoms with van der Waals surface area (Å²) in [7, 11) is -2.17. The van der Waals surface area contributed by atoms with Crippen LogP contribution >= 0.6 is 0 Å². The van der Waals surface area contributed by atoms with Crippen molar-refractivity contribution in [1.29, 1.82) is 0 Å². The minimum Gasteiger partial charge on any atom is -0.495 e. The first-order chi connectivity index (χ1) is 13.3. The Balaban J connectivity index is 1.74. The van der Waals surface area contributed by atoms with Gasteiger partial charge < -0.3 is 14.6 Å². The predicted molar refractivity (Wildman–Crippen MR) is 106 cm³/mol. The number of ether oxygens (including phenoxy) is 1. The molecule has 1 fully saturated rings. The number of benzene rings is 1. The van der Waals surface area contributed by atoms with Crippen LogP contribution in [-0.4, -0.2) is 48.4 Å². The molecule has 152 valence electrons. The lowest BCUT2D eigenvalue weighted by molar-refractivity contribution is -0.120. The van der Waals surface area contributed by atoms with Crippen LogP contribution in [0.5, 0.6) is 5.75 Å². The van der Waals surface area contributed by atoms with Crippen molar-refractivity contribution in [3.8, 4) is 5.75 Å². The van der Waals surface area contributed by atoms with Gasteiger partial charge in [0.15, 0.2) is 5.03 Å². The summed E-state index contributed by atoms with van der Waals surface area (Å²) >= 11 is 0. The summed E-state index contributed by atoms with van der Waals surface area (Å²) in [5.74, 6) is -0.0609. The van der Waals surface area contributed by atoms with Gasteiger partial charge >= 0.3 is 0 Å². The van der Waals surface area contributed by atoms with Crippen LogP contribution in [0.2, 0.25) is 0 Å². The molecule has 28 heavy (non-hydrogen) atoms. The molecule has 3 rings (SSSR count). The highest BCUT2D eigenvalue weighted by molar-refractivity contribution is 7.89. The van der Waals surface area contributed by atoms with Crippen LogP contribution in [0.15, 0.2) is 35.7 Å². The van der Waals surface area contributed by atoms with Crippen LogP contribution in [0.4, 0.5) is 5.69 Å². The van der Waals surface area contributed by atoms with Crippen molar-refractivity contribution in [3.05, 3.63) is 36.3 Å². The van der Waals surface area contributed by atoms with Crippen molar-refractivity contribution in [2.24, 2.45) is 5.92 Å². The second kappa shape index (κ2) is 8.32. The van der Waals surface area contributed by atoms with Crippen molar-refractivity contribution in [1.82, 2.24) is 13.9 Å². The van der Waals surface area contributed by atoms with Crippen LogP contribution in [0.3, 0.4) is 0 Å². The standard InChI is InChI=1S/C19H26N4O4S/c1-4-22-12-18(20-13-22)28(25,26)23-9-5-6-15(11-23)19(24)21-16-10-14(2)7-8-17(16)27-3/h7-8,10,12-13,15H,4-6,9,11H2,1-3H3,(H,21,24)/t15-/m0/s1. The van der Waals surface area contributed by atoms with Gasteiger partial charge in [0, 0.05) is 25.8 Å². The smallest absolute Gasteiger partial charge is 0.262 e. The molecule has 1 aliphatic heterocycles. The van der Waals surface area contributed by atoms with Crippen molar-refractivity contribution >= 4 is 21.6 Å². The van der Waals surface area contributed by atoms with Gasteiger partial charge in [0.25, 0.3) is 10.0 Å².